The smallest absolute Gasteiger partial charge is 0.266 e. The van der Waals surface area contributed by atoms with Gasteiger partial charge in [0.15, 0.2) is 11.7 Å². The van der Waals surface area contributed by atoms with Gasteiger partial charge >= 0.3 is 0 Å². The van der Waals surface area contributed by atoms with Gasteiger partial charge in [0, 0.05) is 32.2 Å². The Balaban J connectivity index is 1.58. The molecule has 1 aromatic heterocycles. The Labute approximate surface area is 202 Å². The number of amides is 1. The average molecular weight is 488 g/mol. The minimum atomic E-state index is -0.187. The molecule has 0 radical (unpaired) electrons. The van der Waals surface area contributed by atoms with Crippen LogP contribution in [0.4, 0.5) is 5.13 Å². The summed E-state index contributed by atoms with van der Waals surface area (Å²) in [5.74, 6) is 2.36. The van der Waals surface area contributed by atoms with Gasteiger partial charge in [-0.05, 0) is 24.3 Å². The van der Waals surface area contributed by atoms with E-state index in [0.717, 1.165) is 17.8 Å². The monoisotopic (exact) mass is 487 g/mol. The number of anilines is 1. The largest absolute Gasteiger partial charge is 0.497 e. The number of morpholine rings is 1. The molecular weight excluding hydrogens is 458 g/mol. The van der Waals surface area contributed by atoms with E-state index < -0.39 is 0 Å². The zero-order chi connectivity index (χ0) is 23.9. The summed E-state index contributed by atoms with van der Waals surface area (Å²) >= 11 is 1.40. The van der Waals surface area contributed by atoms with Crippen LogP contribution in [0.3, 0.4) is 0 Å². The van der Waals surface area contributed by atoms with Crippen LogP contribution < -0.4 is 23.8 Å². The molecule has 0 atom stereocenters. The number of methoxy groups -OCH3 is 3. The van der Waals surface area contributed by atoms with Crippen LogP contribution in [0, 0.1) is 0 Å². The van der Waals surface area contributed by atoms with E-state index in [1.165, 1.54) is 11.3 Å². The summed E-state index contributed by atoms with van der Waals surface area (Å²) in [7, 11) is 4.81. The topological polar surface area (TPSA) is 82.6 Å². The minimum absolute atomic E-state index is 0.125. The molecule has 182 valence electrons. The quantitative estimate of drug-likeness (QED) is 0.432. The van der Waals surface area contributed by atoms with Crippen LogP contribution in [-0.4, -0.2) is 83.1 Å². The molecular formula is C24H29N3O6S. The first kappa shape index (κ1) is 24.1. The van der Waals surface area contributed by atoms with Gasteiger partial charge in [0.05, 0.1) is 34.5 Å². The molecule has 2 aromatic carbocycles. The van der Waals surface area contributed by atoms with Crippen molar-refractivity contribution in [3.63, 3.8) is 0 Å². The predicted octanol–water partition coefficient (Wildman–Crippen LogP) is 3.07. The maximum absolute atomic E-state index is 13.4. The molecule has 0 saturated carbocycles. The van der Waals surface area contributed by atoms with Crippen molar-refractivity contribution in [2.24, 2.45) is 0 Å². The van der Waals surface area contributed by atoms with Crippen molar-refractivity contribution in [3.05, 3.63) is 36.4 Å². The van der Waals surface area contributed by atoms with E-state index in [1.807, 2.05) is 24.3 Å². The van der Waals surface area contributed by atoms with Crippen LogP contribution in [0.5, 0.6) is 23.0 Å². The highest BCUT2D eigenvalue weighted by molar-refractivity contribution is 7.22. The van der Waals surface area contributed by atoms with E-state index in [1.54, 1.807) is 38.4 Å². The highest BCUT2D eigenvalue weighted by Crippen LogP contribution is 2.40. The summed E-state index contributed by atoms with van der Waals surface area (Å²) in [6.07, 6.45) is 0. The number of ether oxygens (including phenoxy) is 5. The second-order valence-electron chi connectivity index (χ2n) is 7.61. The van der Waals surface area contributed by atoms with Gasteiger partial charge in [-0.3, -0.25) is 14.6 Å². The van der Waals surface area contributed by atoms with Gasteiger partial charge in [-0.25, -0.2) is 4.98 Å². The van der Waals surface area contributed by atoms with E-state index >= 15 is 0 Å². The zero-order valence-electron chi connectivity index (χ0n) is 19.6. The molecule has 0 unspecified atom stereocenters. The van der Waals surface area contributed by atoms with E-state index in [0.29, 0.717) is 59.9 Å². The van der Waals surface area contributed by atoms with Crippen molar-refractivity contribution in [1.29, 1.82) is 0 Å². The minimum Gasteiger partial charge on any atom is -0.497 e. The summed E-state index contributed by atoms with van der Waals surface area (Å²) in [4.78, 5) is 22.1. The molecule has 1 aliphatic rings. The van der Waals surface area contributed by atoms with Gasteiger partial charge in [0.2, 0.25) is 0 Å². The van der Waals surface area contributed by atoms with E-state index in [-0.39, 0.29) is 12.5 Å². The molecule has 0 spiro atoms. The first-order valence-electron chi connectivity index (χ1n) is 11.0. The van der Waals surface area contributed by atoms with Crippen LogP contribution in [0.15, 0.2) is 36.4 Å². The fourth-order valence-electron chi connectivity index (χ4n) is 3.70. The molecule has 3 aromatic rings. The molecule has 34 heavy (non-hydrogen) atoms. The molecule has 9 nitrogen and oxygen atoms in total. The van der Waals surface area contributed by atoms with Gasteiger partial charge in [-0.1, -0.05) is 17.4 Å². The SMILES string of the molecule is COc1cccc(OCC(=O)N(CCN2CCOCC2)c2nc3c(OC)ccc(OC)c3s2)c1. The van der Waals surface area contributed by atoms with Crippen LogP contribution in [0.1, 0.15) is 0 Å². The van der Waals surface area contributed by atoms with Crippen LogP contribution in [0.25, 0.3) is 10.2 Å². The Bertz CT molecular complexity index is 1070. The second-order valence-corrected chi connectivity index (χ2v) is 8.59. The third kappa shape index (κ3) is 5.52. The van der Waals surface area contributed by atoms with Crippen molar-refractivity contribution >= 4 is 32.6 Å². The molecule has 2 heterocycles. The van der Waals surface area contributed by atoms with Crippen molar-refractivity contribution in [3.8, 4) is 23.0 Å². The van der Waals surface area contributed by atoms with E-state index in [9.17, 15) is 4.79 Å². The first-order valence-corrected chi connectivity index (χ1v) is 11.8. The molecule has 0 bridgehead atoms. The lowest BCUT2D eigenvalue weighted by Gasteiger charge is -2.29. The number of aromatic nitrogens is 1. The number of thiazole rings is 1. The number of nitrogens with zero attached hydrogens (tertiary/aromatic N) is 3. The van der Waals surface area contributed by atoms with Crippen molar-refractivity contribution in [2.45, 2.75) is 0 Å². The number of benzene rings is 2. The fraction of sp³-hybridized carbons (Fsp3) is 0.417. The lowest BCUT2D eigenvalue weighted by molar-refractivity contribution is -0.120. The molecule has 0 N–H and O–H groups in total. The Morgan fingerprint density at radius 2 is 1.79 bits per heavy atom. The van der Waals surface area contributed by atoms with Crippen LogP contribution in [-0.2, 0) is 9.53 Å². The molecule has 1 aliphatic heterocycles. The summed E-state index contributed by atoms with van der Waals surface area (Å²) in [5.41, 5.74) is 0.666. The Kier molecular flexibility index (Phi) is 8.04. The molecule has 1 fully saturated rings. The van der Waals surface area contributed by atoms with Gasteiger partial charge in [-0.15, -0.1) is 0 Å². The Morgan fingerprint density at radius 1 is 1.06 bits per heavy atom. The number of hydrogen-bond acceptors (Lipinski definition) is 9. The normalized spacial score (nSPS) is 14.1. The summed E-state index contributed by atoms with van der Waals surface area (Å²) < 4.78 is 28.3. The zero-order valence-corrected chi connectivity index (χ0v) is 20.4. The lowest BCUT2D eigenvalue weighted by atomic mass is 10.3. The van der Waals surface area contributed by atoms with Crippen molar-refractivity contribution in [2.75, 3.05) is 72.2 Å². The molecule has 1 amide bonds. The van der Waals surface area contributed by atoms with Gasteiger partial charge < -0.3 is 23.7 Å². The van der Waals surface area contributed by atoms with Gasteiger partial charge in [0.25, 0.3) is 5.91 Å². The number of fused-ring (bicyclic) bond motifs is 1. The number of rotatable bonds is 10. The molecule has 10 heteroatoms. The second kappa shape index (κ2) is 11.4. The van der Waals surface area contributed by atoms with Crippen molar-refractivity contribution < 1.29 is 28.5 Å². The highest BCUT2D eigenvalue weighted by Gasteiger charge is 2.24. The Morgan fingerprint density at radius 3 is 2.53 bits per heavy atom. The number of carbonyl (C=O) groups is 1. The highest BCUT2D eigenvalue weighted by atomic mass is 32.1. The van der Waals surface area contributed by atoms with Crippen LogP contribution >= 0.6 is 11.3 Å². The summed E-state index contributed by atoms with van der Waals surface area (Å²) in [5, 5.41) is 0.574. The lowest BCUT2D eigenvalue weighted by Crippen LogP contribution is -2.44. The Hall–Kier alpha value is -3.08. The van der Waals surface area contributed by atoms with Crippen molar-refractivity contribution in [1.82, 2.24) is 9.88 Å². The number of hydrogen-bond donors (Lipinski definition) is 0. The molecule has 4 rings (SSSR count). The molecule has 1 saturated heterocycles. The maximum Gasteiger partial charge on any atom is 0.266 e. The fourth-order valence-corrected chi connectivity index (χ4v) is 4.81. The standard InChI is InChI=1S/C24H29N3O6S/c1-29-17-5-4-6-18(15-17)33-16-21(28)27(10-9-26-11-13-32-14-12-26)24-25-22-19(30-2)7-8-20(31-3)23(22)34-24/h4-8,15H,9-14,16H2,1-3H3. The summed E-state index contributed by atoms with van der Waals surface area (Å²) in [6.45, 7) is 4.13. The predicted molar refractivity (Wildman–Crippen MR) is 131 cm³/mol. The van der Waals surface area contributed by atoms with Gasteiger partial charge in [0.1, 0.15) is 33.2 Å². The van der Waals surface area contributed by atoms with Crippen LogP contribution in [0.2, 0.25) is 0 Å². The third-order valence-corrected chi connectivity index (χ3v) is 6.67. The summed E-state index contributed by atoms with van der Waals surface area (Å²) in [6, 6.07) is 10.8. The van der Waals surface area contributed by atoms with Gasteiger partial charge in [-0.2, -0.15) is 0 Å². The average Bonchev–Trinajstić information content (AvgIpc) is 3.33. The third-order valence-electron chi connectivity index (χ3n) is 5.58. The van der Waals surface area contributed by atoms with E-state index in [4.69, 9.17) is 28.7 Å². The molecule has 0 aliphatic carbocycles. The first-order chi connectivity index (χ1) is 16.6. The van der Waals surface area contributed by atoms with E-state index in [2.05, 4.69) is 4.90 Å². The number of carbonyl (C=O) groups excluding carboxylic acids is 1. The maximum atomic E-state index is 13.4.